The molecule has 0 bridgehead atoms. The molecule has 0 heterocycles. The lowest BCUT2D eigenvalue weighted by atomic mass is 10.0. The van der Waals surface area contributed by atoms with E-state index in [9.17, 15) is 4.79 Å². The first-order valence-corrected chi connectivity index (χ1v) is 5.91. The Balaban J connectivity index is 1.91. The van der Waals surface area contributed by atoms with E-state index in [0.29, 0.717) is 11.8 Å². The largest absolute Gasteiger partial charge is 0.409 e. The van der Waals surface area contributed by atoms with E-state index in [1.165, 1.54) is 0 Å². The van der Waals surface area contributed by atoms with E-state index in [4.69, 9.17) is 10.9 Å². The van der Waals surface area contributed by atoms with Gasteiger partial charge in [-0.25, -0.2) is 0 Å². The maximum absolute atomic E-state index is 11.9. The van der Waals surface area contributed by atoms with Gasteiger partial charge in [0.1, 0.15) is 0 Å². The third-order valence-corrected chi connectivity index (χ3v) is 3.57. The van der Waals surface area contributed by atoms with Gasteiger partial charge in [0.2, 0.25) is 5.91 Å². The van der Waals surface area contributed by atoms with Crippen LogP contribution in [0.1, 0.15) is 32.6 Å². The number of hydrogen-bond acceptors (Lipinski definition) is 3. The molecule has 0 aliphatic heterocycles. The van der Waals surface area contributed by atoms with Crippen molar-refractivity contribution in [2.75, 3.05) is 0 Å². The predicted molar refractivity (Wildman–Crippen MR) is 60.0 cm³/mol. The highest BCUT2D eigenvalue weighted by Gasteiger charge is 2.38. The van der Waals surface area contributed by atoms with Crippen LogP contribution in [0, 0.1) is 17.8 Å². The van der Waals surface area contributed by atoms with Crippen LogP contribution < -0.4 is 11.1 Å². The van der Waals surface area contributed by atoms with Gasteiger partial charge in [-0.2, -0.15) is 0 Å². The van der Waals surface area contributed by atoms with Crippen LogP contribution in [-0.4, -0.2) is 23.0 Å². The number of oxime groups is 1. The summed E-state index contributed by atoms with van der Waals surface area (Å²) in [5.41, 5.74) is 5.58. The summed E-state index contributed by atoms with van der Waals surface area (Å²) in [7, 11) is 0. The van der Waals surface area contributed by atoms with Crippen molar-refractivity contribution in [3.8, 4) is 0 Å². The van der Waals surface area contributed by atoms with Crippen molar-refractivity contribution in [3.63, 3.8) is 0 Å². The van der Waals surface area contributed by atoms with Gasteiger partial charge in [0.25, 0.3) is 0 Å². The molecule has 0 aromatic rings. The van der Waals surface area contributed by atoms with E-state index in [0.717, 1.165) is 25.7 Å². The molecular formula is C11H19N3O2. The maximum Gasteiger partial charge on any atom is 0.223 e. The summed E-state index contributed by atoms with van der Waals surface area (Å²) in [5.74, 6) is 1.09. The number of carbonyl (C=O) groups is 1. The zero-order valence-corrected chi connectivity index (χ0v) is 9.52. The standard InChI is InChI=1S/C11H19N3O2/c1-6(7-2-3-7)11(15)13-9(8-4-5-8)10(12)14-16/h6-9,16H,2-5H2,1H3,(H2,12,14)(H,13,15). The van der Waals surface area contributed by atoms with Crippen LogP contribution in [0.2, 0.25) is 0 Å². The molecule has 5 nitrogen and oxygen atoms in total. The van der Waals surface area contributed by atoms with Gasteiger partial charge in [-0.05, 0) is 37.5 Å². The van der Waals surface area contributed by atoms with Crippen LogP contribution in [0.4, 0.5) is 0 Å². The maximum atomic E-state index is 11.9. The Morgan fingerprint density at radius 2 is 1.94 bits per heavy atom. The van der Waals surface area contributed by atoms with Crippen LogP contribution in [0.5, 0.6) is 0 Å². The zero-order chi connectivity index (χ0) is 11.7. The molecule has 16 heavy (non-hydrogen) atoms. The van der Waals surface area contributed by atoms with Crippen molar-refractivity contribution >= 4 is 11.7 Å². The lowest BCUT2D eigenvalue weighted by molar-refractivity contribution is -0.125. The molecule has 0 radical (unpaired) electrons. The van der Waals surface area contributed by atoms with E-state index >= 15 is 0 Å². The Morgan fingerprint density at radius 1 is 1.38 bits per heavy atom. The first kappa shape index (κ1) is 11.2. The highest BCUT2D eigenvalue weighted by atomic mass is 16.4. The lowest BCUT2D eigenvalue weighted by Gasteiger charge is -2.19. The number of hydrogen-bond donors (Lipinski definition) is 3. The number of nitrogens with two attached hydrogens (primary N) is 1. The molecule has 2 unspecified atom stereocenters. The first-order chi connectivity index (χ1) is 7.63. The smallest absolute Gasteiger partial charge is 0.223 e. The van der Waals surface area contributed by atoms with Crippen LogP contribution in [0.25, 0.3) is 0 Å². The number of amides is 1. The van der Waals surface area contributed by atoms with E-state index < -0.39 is 0 Å². The molecule has 0 aromatic carbocycles. The van der Waals surface area contributed by atoms with Crippen molar-refractivity contribution in [1.82, 2.24) is 5.32 Å². The van der Waals surface area contributed by atoms with Crippen LogP contribution in [0.15, 0.2) is 5.16 Å². The molecule has 2 aliphatic rings. The van der Waals surface area contributed by atoms with Gasteiger partial charge in [0.15, 0.2) is 5.84 Å². The van der Waals surface area contributed by atoms with Crippen molar-refractivity contribution in [2.45, 2.75) is 38.6 Å². The minimum absolute atomic E-state index is 0.0333. The SMILES string of the molecule is CC(C(=O)NC(C(N)=NO)C1CC1)C1CC1. The second kappa shape index (κ2) is 4.31. The van der Waals surface area contributed by atoms with Crippen LogP contribution >= 0.6 is 0 Å². The summed E-state index contributed by atoms with van der Waals surface area (Å²) in [6.07, 6.45) is 4.37. The number of amidine groups is 1. The van der Waals surface area contributed by atoms with Gasteiger partial charge in [-0.1, -0.05) is 12.1 Å². The number of nitrogens with one attached hydrogen (secondary N) is 1. The van der Waals surface area contributed by atoms with Crippen molar-refractivity contribution in [3.05, 3.63) is 0 Å². The van der Waals surface area contributed by atoms with E-state index in [2.05, 4.69) is 10.5 Å². The normalized spacial score (nSPS) is 24.9. The van der Waals surface area contributed by atoms with Crippen LogP contribution in [0.3, 0.4) is 0 Å². The average Bonchev–Trinajstić information content (AvgIpc) is 3.15. The topological polar surface area (TPSA) is 87.7 Å². The van der Waals surface area contributed by atoms with Gasteiger partial charge in [0.05, 0.1) is 6.04 Å². The van der Waals surface area contributed by atoms with Gasteiger partial charge >= 0.3 is 0 Å². The van der Waals surface area contributed by atoms with Gasteiger partial charge < -0.3 is 16.3 Å². The first-order valence-electron chi connectivity index (χ1n) is 5.91. The molecule has 2 saturated carbocycles. The average molecular weight is 225 g/mol. The Kier molecular flexibility index (Phi) is 3.03. The molecule has 90 valence electrons. The Labute approximate surface area is 95.1 Å². The summed E-state index contributed by atoms with van der Waals surface area (Å²) >= 11 is 0. The number of carbonyl (C=O) groups excluding carboxylic acids is 1. The Bertz CT molecular complexity index is 308. The van der Waals surface area contributed by atoms with Crippen molar-refractivity contribution < 1.29 is 10.0 Å². The monoisotopic (exact) mass is 225 g/mol. The van der Waals surface area contributed by atoms with E-state index in [1.54, 1.807) is 0 Å². The molecule has 4 N–H and O–H groups in total. The molecule has 2 rings (SSSR count). The van der Waals surface area contributed by atoms with Crippen LogP contribution in [-0.2, 0) is 4.79 Å². The molecule has 2 aliphatic carbocycles. The fourth-order valence-electron chi connectivity index (χ4n) is 2.02. The van der Waals surface area contributed by atoms with Gasteiger partial charge in [-0.15, -0.1) is 0 Å². The molecule has 0 saturated heterocycles. The summed E-state index contributed by atoms with van der Waals surface area (Å²) in [5, 5.41) is 14.6. The third-order valence-electron chi connectivity index (χ3n) is 3.57. The fourth-order valence-corrected chi connectivity index (χ4v) is 2.02. The molecule has 2 atom stereocenters. The predicted octanol–water partition coefficient (Wildman–Crippen LogP) is 0.674. The second-order valence-corrected chi connectivity index (χ2v) is 4.97. The van der Waals surface area contributed by atoms with Crippen molar-refractivity contribution in [1.29, 1.82) is 0 Å². The quantitative estimate of drug-likeness (QED) is 0.278. The Morgan fingerprint density at radius 3 is 2.38 bits per heavy atom. The summed E-state index contributed by atoms with van der Waals surface area (Å²) in [6.45, 7) is 1.95. The minimum Gasteiger partial charge on any atom is -0.409 e. The minimum atomic E-state index is -0.279. The van der Waals surface area contributed by atoms with E-state index in [-0.39, 0.29) is 23.7 Å². The van der Waals surface area contributed by atoms with Gasteiger partial charge in [0, 0.05) is 5.92 Å². The number of nitrogens with zero attached hydrogens (tertiary/aromatic N) is 1. The molecule has 0 spiro atoms. The summed E-state index contributed by atoms with van der Waals surface area (Å²) < 4.78 is 0. The van der Waals surface area contributed by atoms with Crippen molar-refractivity contribution in [2.24, 2.45) is 28.6 Å². The molecule has 5 heteroatoms. The van der Waals surface area contributed by atoms with E-state index in [1.807, 2.05) is 6.92 Å². The highest BCUT2D eigenvalue weighted by Crippen LogP contribution is 2.37. The third kappa shape index (κ3) is 2.46. The molecule has 2 fully saturated rings. The summed E-state index contributed by atoms with van der Waals surface area (Å²) in [4.78, 5) is 11.9. The molecule has 0 aromatic heterocycles. The second-order valence-electron chi connectivity index (χ2n) is 4.97. The fraction of sp³-hybridized carbons (Fsp3) is 0.818. The van der Waals surface area contributed by atoms with Gasteiger partial charge in [-0.3, -0.25) is 4.79 Å². The number of rotatable bonds is 5. The molecular weight excluding hydrogens is 206 g/mol. The highest BCUT2D eigenvalue weighted by molar-refractivity contribution is 5.91. The summed E-state index contributed by atoms with van der Waals surface area (Å²) in [6, 6.07) is -0.279. The molecule has 1 amide bonds. The lowest BCUT2D eigenvalue weighted by Crippen LogP contribution is -2.48. The Hall–Kier alpha value is -1.26. The zero-order valence-electron chi connectivity index (χ0n) is 9.52.